The summed E-state index contributed by atoms with van der Waals surface area (Å²) in [6, 6.07) is 18.4. The molecule has 0 amide bonds. The van der Waals surface area contributed by atoms with E-state index in [9.17, 15) is 19.5 Å². The van der Waals surface area contributed by atoms with Crippen molar-refractivity contribution in [3.05, 3.63) is 88.3 Å². The number of aromatic amines is 1. The second kappa shape index (κ2) is 14.8. The monoisotopic (exact) mass is 546 g/mol. The van der Waals surface area contributed by atoms with Gasteiger partial charge in [0.05, 0.1) is 5.54 Å². The van der Waals surface area contributed by atoms with E-state index in [-0.39, 0.29) is 16.8 Å². The van der Waals surface area contributed by atoms with Gasteiger partial charge in [-0.2, -0.15) is 0 Å². The third kappa shape index (κ3) is 10.9. The first-order valence-corrected chi connectivity index (χ1v) is 13.6. The Morgan fingerprint density at radius 1 is 0.825 bits per heavy atom. The van der Waals surface area contributed by atoms with Crippen LogP contribution in [0.2, 0.25) is 0 Å². The fourth-order valence-electron chi connectivity index (χ4n) is 4.36. The van der Waals surface area contributed by atoms with Gasteiger partial charge in [0.15, 0.2) is 0 Å². The first kappa shape index (κ1) is 30.3. The fraction of sp³-hybridized carbons (Fsp3) is 0.375. The second-order valence-corrected chi connectivity index (χ2v) is 10.6. The molecule has 1 heterocycles. The number of fused-ring (bicyclic) bond motifs is 1. The summed E-state index contributed by atoms with van der Waals surface area (Å²) in [5.41, 5.74) is 3.22. The number of aromatic hydroxyl groups is 1. The molecule has 1 saturated carbocycles. The molecular formula is C32H38N2O6. The molecule has 40 heavy (non-hydrogen) atoms. The van der Waals surface area contributed by atoms with Crippen LogP contribution in [0, 0.1) is 0 Å². The Balaban J connectivity index is 0.000000178. The van der Waals surface area contributed by atoms with Crippen LogP contribution in [0.1, 0.15) is 70.6 Å². The van der Waals surface area contributed by atoms with Gasteiger partial charge in [-0.05, 0) is 90.0 Å². The number of nitrogens with one attached hydrogen (secondary N) is 1. The summed E-state index contributed by atoms with van der Waals surface area (Å²) in [5.74, 6) is -0.333. The minimum absolute atomic E-state index is 0.152. The number of pyridine rings is 1. The maximum Gasteiger partial charge on any atom is 0.322 e. The lowest BCUT2D eigenvalue weighted by atomic mass is 10.1. The number of rotatable bonds is 4. The summed E-state index contributed by atoms with van der Waals surface area (Å²) in [7, 11) is 0. The number of aliphatic imine (C=N–C) groups is 1. The van der Waals surface area contributed by atoms with Crippen LogP contribution in [0.5, 0.6) is 17.2 Å². The highest BCUT2D eigenvalue weighted by atomic mass is 16.6. The van der Waals surface area contributed by atoms with Crippen LogP contribution in [-0.4, -0.2) is 33.3 Å². The molecule has 0 radical (unpaired) electrons. The van der Waals surface area contributed by atoms with Gasteiger partial charge in [0.25, 0.3) is 5.56 Å². The lowest BCUT2D eigenvalue weighted by Crippen LogP contribution is -2.18. The van der Waals surface area contributed by atoms with E-state index in [1.54, 1.807) is 60.7 Å². The topological polar surface area (TPSA) is 118 Å². The average molecular weight is 547 g/mol. The van der Waals surface area contributed by atoms with Crippen molar-refractivity contribution in [3.63, 3.8) is 0 Å². The summed E-state index contributed by atoms with van der Waals surface area (Å²) < 4.78 is 9.97. The molecule has 1 fully saturated rings. The van der Waals surface area contributed by atoms with Crippen LogP contribution in [0.25, 0.3) is 0 Å². The average Bonchev–Trinajstić information content (AvgIpc) is 3.57. The number of hydrogen-bond acceptors (Lipinski definition) is 7. The van der Waals surface area contributed by atoms with Crippen molar-refractivity contribution >= 4 is 17.7 Å². The van der Waals surface area contributed by atoms with E-state index in [1.807, 2.05) is 0 Å². The van der Waals surface area contributed by atoms with E-state index in [0.29, 0.717) is 11.5 Å². The summed E-state index contributed by atoms with van der Waals surface area (Å²) in [6.45, 7) is 6.50. The van der Waals surface area contributed by atoms with Crippen molar-refractivity contribution in [2.24, 2.45) is 4.99 Å². The van der Waals surface area contributed by atoms with Gasteiger partial charge in [0.1, 0.15) is 23.7 Å². The van der Waals surface area contributed by atoms with Gasteiger partial charge >= 0.3 is 11.9 Å². The highest BCUT2D eigenvalue weighted by Gasteiger charge is 2.16. The standard InChI is InChI=1S/C15H12O4.C9H17N.C8H9NO2/c16-14(18-12-7-3-1-4-8-12)11-15(17)19-13-9-5-2-6-10-13;1-9(2,3)10-8-6-4-5-7-8;10-7-4-8(11)9-6-3-1-2-5(6)7/h1-10H,11H2;4-7H2,1-3H3;4H,1-3H2,(H2,9,10,11). The Morgan fingerprint density at radius 2 is 1.35 bits per heavy atom. The summed E-state index contributed by atoms with van der Waals surface area (Å²) >= 11 is 0. The van der Waals surface area contributed by atoms with Gasteiger partial charge in [0.2, 0.25) is 0 Å². The number of carbonyl (C=O) groups excluding carboxylic acids is 2. The molecule has 0 bridgehead atoms. The van der Waals surface area contributed by atoms with Crippen LogP contribution in [0.4, 0.5) is 0 Å². The van der Waals surface area contributed by atoms with Gasteiger partial charge in [-0.25, -0.2) is 0 Å². The molecule has 0 aliphatic heterocycles. The molecular weight excluding hydrogens is 508 g/mol. The van der Waals surface area contributed by atoms with Crippen molar-refractivity contribution in [3.8, 4) is 17.2 Å². The molecule has 0 atom stereocenters. The van der Waals surface area contributed by atoms with E-state index in [1.165, 1.54) is 37.5 Å². The van der Waals surface area contributed by atoms with E-state index >= 15 is 0 Å². The Morgan fingerprint density at radius 3 is 1.85 bits per heavy atom. The Hall–Kier alpha value is -4.20. The molecule has 8 heteroatoms. The van der Waals surface area contributed by atoms with E-state index in [0.717, 1.165) is 30.5 Å². The lowest BCUT2D eigenvalue weighted by Gasteiger charge is -2.13. The first-order valence-electron chi connectivity index (χ1n) is 13.6. The number of esters is 2. The van der Waals surface area contributed by atoms with Crippen molar-refractivity contribution in [1.29, 1.82) is 0 Å². The number of carbonyl (C=O) groups is 2. The molecule has 0 spiro atoms. The number of nitrogens with zero attached hydrogens (tertiary/aromatic N) is 1. The summed E-state index contributed by atoms with van der Waals surface area (Å²) in [6.07, 6.45) is 7.59. The quantitative estimate of drug-likeness (QED) is 0.237. The number of para-hydroxylation sites is 2. The van der Waals surface area contributed by atoms with Crippen molar-refractivity contribution in [2.75, 3.05) is 0 Å². The minimum Gasteiger partial charge on any atom is -0.507 e. The number of aromatic nitrogens is 1. The van der Waals surface area contributed by atoms with E-state index < -0.39 is 18.4 Å². The van der Waals surface area contributed by atoms with Crippen LogP contribution >= 0.6 is 0 Å². The summed E-state index contributed by atoms with van der Waals surface area (Å²) in [5, 5.41) is 9.29. The minimum atomic E-state index is -0.646. The predicted octanol–water partition coefficient (Wildman–Crippen LogP) is 5.96. The zero-order valence-corrected chi connectivity index (χ0v) is 23.4. The SMILES string of the molecule is CC(C)(C)N=C1CCCC1.O=C(CC(=O)Oc1ccccc1)Oc1ccccc1.O=c1cc(O)c2c([nH]1)CCC2. The Bertz CT molecular complexity index is 1280. The second-order valence-electron chi connectivity index (χ2n) is 10.6. The number of H-pyrrole nitrogens is 1. The highest BCUT2D eigenvalue weighted by Crippen LogP contribution is 2.25. The van der Waals surface area contributed by atoms with Crippen LogP contribution in [0.3, 0.4) is 0 Å². The number of hydrogen-bond donors (Lipinski definition) is 2. The molecule has 8 nitrogen and oxygen atoms in total. The predicted molar refractivity (Wildman–Crippen MR) is 155 cm³/mol. The van der Waals surface area contributed by atoms with Gasteiger partial charge in [-0.1, -0.05) is 36.4 Å². The molecule has 0 saturated heterocycles. The smallest absolute Gasteiger partial charge is 0.322 e. The van der Waals surface area contributed by atoms with Gasteiger partial charge < -0.3 is 19.6 Å². The van der Waals surface area contributed by atoms with Crippen LogP contribution in [-0.2, 0) is 22.4 Å². The summed E-state index contributed by atoms with van der Waals surface area (Å²) in [4.78, 5) is 41.2. The van der Waals surface area contributed by atoms with E-state index in [2.05, 4.69) is 30.7 Å². The van der Waals surface area contributed by atoms with Gasteiger partial charge in [0, 0.05) is 23.0 Å². The van der Waals surface area contributed by atoms with E-state index in [4.69, 9.17) is 9.47 Å². The molecule has 1 aromatic heterocycles. The molecule has 2 N–H and O–H groups in total. The first-order chi connectivity index (χ1) is 19.1. The van der Waals surface area contributed by atoms with Gasteiger partial charge in [-0.3, -0.25) is 19.4 Å². The number of ether oxygens (including phenoxy) is 2. The molecule has 5 rings (SSSR count). The molecule has 0 unspecified atom stereocenters. The largest absolute Gasteiger partial charge is 0.507 e. The number of aryl methyl sites for hydroxylation is 1. The lowest BCUT2D eigenvalue weighted by molar-refractivity contribution is -0.144. The van der Waals surface area contributed by atoms with Crippen LogP contribution in [0.15, 0.2) is 76.5 Å². The molecule has 3 aromatic rings. The zero-order chi connectivity index (χ0) is 29.0. The van der Waals surface area contributed by atoms with Crippen LogP contribution < -0.4 is 15.0 Å². The maximum absolute atomic E-state index is 11.5. The third-order valence-corrected chi connectivity index (χ3v) is 5.98. The molecule has 2 aromatic carbocycles. The molecule has 212 valence electrons. The Kier molecular flexibility index (Phi) is 11.2. The zero-order valence-electron chi connectivity index (χ0n) is 23.4. The highest BCUT2D eigenvalue weighted by molar-refractivity contribution is 5.93. The Labute approximate surface area is 235 Å². The number of benzene rings is 2. The molecule has 2 aliphatic rings. The molecule has 2 aliphatic carbocycles. The maximum atomic E-state index is 11.5. The van der Waals surface area contributed by atoms with Crippen molar-refractivity contribution in [1.82, 2.24) is 4.98 Å². The van der Waals surface area contributed by atoms with Crippen molar-refractivity contribution in [2.45, 2.75) is 77.7 Å². The van der Waals surface area contributed by atoms with Gasteiger partial charge in [-0.15, -0.1) is 0 Å². The fourth-order valence-corrected chi connectivity index (χ4v) is 4.36. The third-order valence-electron chi connectivity index (χ3n) is 5.98. The normalized spacial score (nSPS) is 13.6. The van der Waals surface area contributed by atoms with Crippen molar-refractivity contribution < 1.29 is 24.2 Å².